The minimum Gasteiger partial charge on any atom is -0.481 e. The van der Waals surface area contributed by atoms with Gasteiger partial charge >= 0.3 is 5.97 Å². The molecule has 2 rings (SSSR count). The van der Waals surface area contributed by atoms with Crippen LogP contribution in [0.4, 0.5) is 0 Å². The average molecular weight is 225 g/mol. The Balaban J connectivity index is 2.22. The molecule has 0 aromatic carbocycles. The van der Waals surface area contributed by atoms with E-state index in [0.29, 0.717) is 6.42 Å². The minimum absolute atomic E-state index is 0.0388. The summed E-state index contributed by atoms with van der Waals surface area (Å²) in [5, 5.41) is 12.4. The molecule has 0 radical (unpaired) electrons. The second-order valence-corrected chi connectivity index (χ2v) is 5.43. The van der Waals surface area contributed by atoms with E-state index in [1.807, 2.05) is 0 Å². The highest BCUT2D eigenvalue weighted by Gasteiger charge is 2.52. The number of nitrogens with one attached hydrogen (secondary N) is 1. The average Bonchev–Trinajstić information content (AvgIpc) is 2.15. The summed E-state index contributed by atoms with van der Waals surface area (Å²) in [6.07, 6.45) is 5.84. The van der Waals surface area contributed by atoms with Crippen molar-refractivity contribution in [3.8, 4) is 0 Å². The van der Waals surface area contributed by atoms with Crippen LogP contribution >= 0.6 is 0 Å². The van der Waals surface area contributed by atoms with Gasteiger partial charge in [-0.1, -0.05) is 0 Å². The highest BCUT2D eigenvalue weighted by molar-refractivity contribution is 5.77. The van der Waals surface area contributed by atoms with Crippen molar-refractivity contribution in [2.45, 2.75) is 57.4 Å². The maximum Gasteiger partial charge on any atom is 0.309 e. The Hall–Kier alpha value is -1.06. The second-order valence-electron chi connectivity index (χ2n) is 5.43. The quantitative estimate of drug-likeness (QED) is 0.751. The molecule has 1 amide bonds. The Kier molecular flexibility index (Phi) is 2.68. The number of rotatable bonds is 2. The largest absolute Gasteiger partial charge is 0.481 e. The lowest BCUT2D eigenvalue weighted by Gasteiger charge is -2.50. The van der Waals surface area contributed by atoms with Crippen LogP contribution in [0.3, 0.4) is 0 Å². The lowest BCUT2D eigenvalue weighted by atomic mass is 9.58. The van der Waals surface area contributed by atoms with E-state index in [0.717, 1.165) is 38.5 Å². The van der Waals surface area contributed by atoms with E-state index in [1.54, 1.807) is 0 Å². The fourth-order valence-electron chi connectivity index (χ4n) is 3.61. The lowest BCUT2D eigenvalue weighted by Crippen LogP contribution is -2.57. The summed E-state index contributed by atoms with van der Waals surface area (Å²) in [5.74, 6) is -0.718. The van der Waals surface area contributed by atoms with Crippen LogP contribution in [0.1, 0.15) is 51.9 Å². The first-order chi connectivity index (χ1) is 7.48. The third kappa shape index (κ3) is 1.81. The highest BCUT2D eigenvalue weighted by atomic mass is 16.4. The third-order valence-corrected chi connectivity index (χ3v) is 4.19. The smallest absolute Gasteiger partial charge is 0.309 e. The monoisotopic (exact) mass is 225 g/mol. The molecule has 4 heteroatoms. The molecule has 2 aliphatic rings. The van der Waals surface area contributed by atoms with E-state index in [-0.39, 0.29) is 11.4 Å². The minimum atomic E-state index is -0.679. The van der Waals surface area contributed by atoms with Crippen LogP contribution in [0.5, 0.6) is 0 Å². The number of carboxylic acid groups (broad SMARTS) is 1. The summed E-state index contributed by atoms with van der Waals surface area (Å²) in [5.41, 5.74) is -0.806. The van der Waals surface area contributed by atoms with Gasteiger partial charge in [0, 0.05) is 12.5 Å². The summed E-state index contributed by atoms with van der Waals surface area (Å²) in [4.78, 5) is 22.6. The molecule has 0 spiro atoms. The van der Waals surface area contributed by atoms with Gasteiger partial charge in [0.2, 0.25) is 5.91 Å². The Labute approximate surface area is 95.4 Å². The van der Waals surface area contributed by atoms with E-state index in [2.05, 4.69) is 5.32 Å². The van der Waals surface area contributed by atoms with Gasteiger partial charge in [0.25, 0.3) is 0 Å². The Bertz CT molecular complexity index is 314. The summed E-state index contributed by atoms with van der Waals surface area (Å²) in [6, 6.07) is 0. The summed E-state index contributed by atoms with van der Waals surface area (Å²) in [6.45, 7) is 1.51. The molecular formula is C12H19NO3. The molecule has 2 bridgehead atoms. The van der Waals surface area contributed by atoms with Crippen LogP contribution in [0.25, 0.3) is 0 Å². The lowest BCUT2D eigenvalue weighted by molar-refractivity contribution is -0.157. The van der Waals surface area contributed by atoms with Crippen molar-refractivity contribution in [1.82, 2.24) is 5.32 Å². The van der Waals surface area contributed by atoms with Gasteiger partial charge in [-0.05, 0) is 44.9 Å². The van der Waals surface area contributed by atoms with Crippen molar-refractivity contribution >= 4 is 11.9 Å². The van der Waals surface area contributed by atoms with Gasteiger partial charge in [0.05, 0.1) is 5.41 Å². The number of carbonyl (C=O) groups is 2. The Morgan fingerprint density at radius 3 is 2.12 bits per heavy atom. The number of fused-ring (bicyclic) bond motifs is 2. The number of hydrogen-bond donors (Lipinski definition) is 2. The van der Waals surface area contributed by atoms with Crippen molar-refractivity contribution in [1.29, 1.82) is 0 Å². The molecule has 4 nitrogen and oxygen atoms in total. The van der Waals surface area contributed by atoms with Gasteiger partial charge in [-0.3, -0.25) is 9.59 Å². The van der Waals surface area contributed by atoms with E-state index >= 15 is 0 Å². The molecular weight excluding hydrogens is 206 g/mol. The van der Waals surface area contributed by atoms with Crippen molar-refractivity contribution in [3.05, 3.63) is 0 Å². The molecule has 0 saturated heterocycles. The predicted octanol–water partition coefficient (Wildman–Crippen LogP) is 1.69. The van der Waals surface area contributed by atoms with Gasteiger partial charge in [0.15, 0.2) is 0 Å². The molecule has 0 atom stereocenters. The van der Waals surface area contributed by atoms with Crippen LogP contribution in [0.2, 0.25) is 0 Å². The zero-order chi connectivity index (χ0) is 11.8. The fourth-order valence-corrected chi connectivity index (χ4v) is 3.61. The number of carboxylic acids is 1. The molecule has 2 fully saturated rings. The molecule has 0 aromatic rings. The summed E-state index contributed by atoms with van der Waals surface area (Å²) >= 11 is 0. The van der Waals surface area contributed by atoms with Crippen LogP contribution in [0, 0.1) is 5.41 Å². The summed E-state index contributed by atoms with van der Waals surface area (Å²) in [7, 11) is 0. The normalized spacial score (nSPS) is 37.8. The molecule has 90 valence electrons. The standard InChI is InChI=1S/C12H19NO3/c1-9(14)13-12-6-2-4-11(8-12,10(15)16)5-3-7-12/h2-8H2,1H3,(H,13,14)(H,15,16). The summed E-state index contributed by atoms with van der Waals surface area (Å²) < 4.78 is 0. The predicted molar refractivity (Wildman–Crippen MR) is 58.9 cm³/mol. The number of carbonyl (C=O) groups excluding carboxylic acids is 1. The van der Waals surface area contributed by atoms with Crippen LogP contribution in [0.15, 0.2) is 0 Å². The first-order valence-electron chi connectivity index (χ1n) is 6.00. The van der Waals surface area contributed by atoms with Crippen LogP contribution in [-0.2, 0) is 9.59 Å². The van der Waals surface area contributed by atoms with E-state index in [4.69, 9.17) is 0 Å². The molecule has 2 saturated carbocycles. The second kappa shape index (κ2) is 3.75. The number of hydrogen-bond acceptors (Lipinski definition) is 2. The molecule has 2 aliphatic carbocycles. The van der Waals surface area contributed by atoms with Crippen molar-refractivity contribution in [2.75, 3.05) is 0 Å². The molecule has 0 aliphatic heterocycles. The van der Waals surface area contributed by atoms with Crippen LogP contribution < -0.4 is 5.32 Å². The van der Waals surface area contributed by atoms with Gasteiger partial charge in [-0.2, -0.15) is 0 Å². The molecule has 0 unspecified atom stereocenters. The van der Waals surface area contributed by atoms with Crippen molar-refractivity contribution in [3.63, 3.8) is 0 Å². The van der Waals surface area contributed by atoms with Gasteiger partial charge < -0.3 is 10.4 Å². The molecule has 0 heterocycles. The van der Waals surface area contributed by atoms with Crippen molar-refractivity contribution < 1.29 is 14.7 Å². The first-order valence-corrected chi connectivity index (χ1v) is 6.00. The Morgan fingerprint density at radius 1 is 1.12 bits per heavy atom. The van der Waals surface area contributed by atoms with Gasteiger partial charge in [-0.15, -0.1) is 0 Å². The van der Waals surface area contributed by atoms with Crippen LogP contribution in [-0.4, -0.2) is 22.5 Å². The maximum atomic E-state index is 11.4. The number of aliphatic carboxylic acids is 1. The third-order valence-electron chi connectivity index (χ3n) is 4.19. The topological polar surface area (TPSA) is 66.4 Å². The maximum absolute atomic E-state index is 11.4. The van der Waals surface area contributed by atoms with E-state index in [9.17, 15) is 14.7 Å². The number of amides is 1. The highest BCUT2D eigenvalue weighted by Crippen LogP contribution is 2.51. The SMILES string of the molecule is CC(=O)NC12CCCC(C(=O)O)(CCC1)C2. The zero-order valence-electron chi connectivity index (χ0n) is 9.71. The van der Waals surface area contributed by atoms with E-state index in [1.165, 1.54) is 6.92 Å². The molecule has 2 N–H and O–H groups in total. The first kappa shape index (κ1) is 11.4. The van der Waals surface area contributed by atoms with Gasteiger partial charge in [0.1, 0.15) is 0 Å². The van der Waals surface area contributed by atoms with Gasteiger partial charge in [-0.25, -0.2) is 0 Å². The van der Waals surface area contributed by atoms with E-state index < -0.39 is 11.4 Å². The molecule has 0 aromatic heterocycles. The van der Waals surface area contributed by atoms with Crippen molar-refractivity contribution in [2.24, 2.45) is 5.41 Å². The zero-order valence-corrected chi connectivity index (χ0v) is 9.71. The molecule has 16 heavy (non-hydrogen) atoms. The fraction of sp³-hybridized carbons (Fsp3) is 0.833. The Morgan fingerprint density at radius 2 is 1.69 bits per heavy atom.